The third-order valence-corrected chi connectivity index (χ3v) is 3.56. The second kappa shape index (κ2) is 10.6. The lowest BCUT2D eigenvalue weighted by Crippen LogP contribution is -2.43. The topological polar surface area (TPSA) is 117 Å². The van der Waals surface area contributed by atoms with Gasteiger partial charge in [0.2, 0.25) is 11.8 Å². The number of rotatable bonds is 10. The Hall–Kier alpha value is -2.89. The highest BCUT2D eigenvalue weighted by Gasteiger charge is 2.33. The van der Waals surface area contributed by atoms with Crippen molar-refractivity contribution in [3.63, 3.8) is 0 Å². The minimum atomic E-state index is -4.69. The van der Waals surface area contributed by atoms with Gasteiger partial charge in [-0.3, -0.25) is 24.6 Å². The number of amides is 2. The molecule has 0 aliphatic rings. The van der Waals surface area contributed by atoms with E-state index in [9.17, 15) is 32.9 Å². The maximum atomic E-state index is 12.7. The van der Waals surface area contributed by atoms with Gasteiger partial charge in [0, 0.05) is 25.2 Å². The fourth-order valence-corrected chi connectivity index (χ4v) is 2.38. The summed E-state index contributed by atoms with van der Waals surface area (Å²) in [5.74, 6) is -0.583. The molecule has 29 heavy (non-hydrogen) atoms. The first-order valence-electron chi connectivity index (χ1n) is 8.74. The van der Waals surface area contributed by atoms with Crippen molar-refractivity contribution in [1.29, 1.82) is 0 Å². The van der Waals surface area contributed by atoms with Gasteiger partial charge in [0.1, 0.15) is 5.69 Å². The van der Waals surface area contributed by atoms with Crippen molar-refractivity contribution in [3.05, 3.63) is 33.9 Å². The van der Waals surface area contributed by atoms with Crippen LogP contribution in [0.15, 0.2) is 18.2 Å². The van der Waals surface area contributed by atoms with Gasteiger partial charge in [0.25, 0.3) is 5.69 Å². The lowest BCUT2D eigenvalue weighted by Gasteiger charge is -2.17. The molecule has 0 saturated heterocycles. The minimum Gasteiger partial charge on any atom is -0.378 e. The molecular formula is C17H24F3N5O4. The molecule has 0 aliphatic carbocycles. The van der Waals surface area contributed by atoms with Crippen LogP contribution >= 0.6 is 0 Å². The van der Waals surface area contributed by atoms with Gasteiger partial charge in [-0.1, -0.05) is 0 Å². The summed E-state index contributed by atoms with van der Waals surface area (Å²) in [6.45, 7) is 3.79. The van der Waals surface area contributed by atoms with Gasteiger partial charge in [-0.15, -0.1) is 0 Å². The molecule has 12 heteroatoms. The normalized spacial score (nSPS) is 11.4. The summed E-state index contributed by atoms with van der Waals surface area (Å²) in [7, 11) is 1.60. The number of benzene rings is 1. The Labute approximate surface area is 165 Å². The molecule has 0 unspecified atom stereocenters. The highest BCUT2D eigenvalue weighted by atomic mass is 19.4. The molecule has 0 heterocycles. The van der Waals surface area contributed by atoms with Crippen LogP contribution in [-0.2, 0) is 15.8 Å². The molecule has 2 amide bonds. The third kappa shape index (κ3) is 8.77. The molecule has 3 N–H and O–H groups in total. The number of nitrogens with one attached hydrogen (secondary N) is 3. The van der Waals surface area contributed by atoms with Gasteiger partial charge < -0.3 is 16.0 Å². The Morgan fingerprint density at radius 1 is 1.17 bits per heavy atom. The first-order chi connectivity index (χ1) is 13.4. The minimum absolute atomic E-state index is 0.00921. The number of likely N-dealkylation sites (N-methyl/N-ethyl adjacent to an activating group) is 1. The average Bonchev–Trinajstić information content (AvgIpc) is 2.56. The van der Waals surface area contributed by atoms with Crippen LogP contribution in [0.4, 0.5) is 24.5 Å². The summed E-state index contributed by atoms with van der Waals surface area (Å²) in [4.78, 5) is 35.1. The SMILES string of the molecule is CC(C)NC(=O)CN(C)CC(=O)NCCNc1ccc(C(F)(F)F)cc1[N+](=O)[O-]. The van der Waals surface area contributed by atoms with Gasteiger partial charge >= 0.3 is 6.18 Å². The van der Waals surface area contributed by atoms with Crippen molar-refractivity contribution >= 4 is 23.2 Å². The number of anilines is 1. The molecule has 162 valence electrons. The number of hydrogen-bond donors (Lipinski definition) is 3. The number of halogens is 3. The Bertz CT molecular complexity index is 740. The zero-order valence-corrected chi connectivity index (χ0v) is 16.3. The molecule has 0 atom stereocenters. The fourth-order valence-electron chi connectivity index (χ4n) is 2.38. The summed E-state index contributed by atoms with van der Waals surface area (Å²) < 4.78 is 38.1. The quantitative estimate of drug-likeness (QED) is 0.301. The number of alkyl halides is 3. The summed E-state index contributed by atoms with van der Waals surface area (Å²) in [6.07, 6.45) is -4.69. The van der Waals surface area contributed by atoms with Crippen molar-refractivity contribution < 1.29 is 27.7 Å². The van der Waals surface area contributed by atoms with E-state index >= 15 is 0 Å². The Morgan fingerprint density at radius 3 is 2.34 bits per heavy atom. The Balaban J connectivity index is 2.49. The first-order valence-corrected chi connectivity index (χ1v) is 8.74. The second-order valence-electron chi connectivity index (χ2n) is 6.66. The van der Waals surface area contributed by atoms with Gasteiger partial charge in [-0.25, -0.2) is 0 Å². The maximum Gasteiger partial charge on any atom is 0.416 e. The van der Waals surface area contributed by atoms with Crippen LogP contribution in [-0.4, -0.2) is 60.9 Å². The smallest absolute Gasteiger partial charge is 0.378 e. The number of hydrogen-bond acceptors (Lipinski definition) is 6. The standard InChI is InChI=1S/C17H24F3N5O4/c1-11(2)23-16(27)10-24(3)9-15(26)22-7-6-21-13-5-4-12(17(18,19)20)8-14(13)25(28)29/h4-5,8,11,21H,6-7,9-10H2,1-3H3,(H,22,26)(H,23,27). The fraction of sp³-hybridized carbons (Fsp3) is 0.529. The van der Waals surface area contributed by atoms with Crippen LogP contribution in [0.25, 0.3) is 0 Å². The molecule has 1 aromatic carbocycles. The molecule has 0 bridgehead atoms. The number of nitro benzene ring substituents is 1. The molecule has 0 radical (unpaired) electrons. The van der Waals surface area contributed by atoms with Crippen LogP contribution in [0.2, 0.25) is 0 Å². The van der Waals surface area contributed by atoms with Crippen LogP contribution in [0.3, 0.4) is 0 Å². The van der Waals surface area contributed by atoms with Crippen molar-refractivity contribution in [2.45, 2.75) is 26.1 Å². The number of nitrogens with zero attached hydrogens (tertiary/aromatic N) is 2. The van der Waals surface area contributed by atoms with Crippen molar-refractivity contribution in [2.24, 2.45) is 0 Å². The van der Waals surface area contributed by atoms with Crippen molar-refractivity contribution in [3.8, 4) is 0 Å². The molecule has 0 saturated carbocycles. The van der Waals surface area contributed by atoms with E-state index in [0.717, 1.165) is 12.1 Å². The number of carbonyl (C=O) groups excluding carboxylic acids is 2. The van der Waals surface area contributed by atoms with E-state index in [1.165, 1.54) is 4.90 Å². The third-order valence-electron chi connectivity index (χ3n) is 3.56. The molecule has 9 nitrogen and oxygen atoms in total. The number of nitro groups is 1. The second-order valence-corrected chi connectivity index (χ2v) is 6.66. The summed E-state index contributed by atoms with van der Waals surface area (Å²) in [6, 6.07) is 2.16. The van der Waals surface area contributed by atoms with E-state index in [4.69, 9.17) is 0 Å². The largest absolute Gasteiger partial charge is 0.416 e. The first kappa shape index (κ1) is 24.1. The average molecular weight is 419 g/mol. The van der Waals surface area contributed by atoms with Gasteiger partial charge in [-0.2, -0.15) is 13.2 Å². The van der Waals surface area contributed by atoms with E-state index in [0.29, 0.717) is 6.07 Å². The molecule has 1 aromatic rings. The van der Waals surface area contributed by atoms with Gasteiger partial charge in [0.05, 0.1) is 23.6 Å². The number of carbonyl (C=O) groups is 2. The van der Waals surface area contributed by atoms with E-state index in [-0.39, 0.29) is 49.7 Å². The monoisotopic (exact) mass is 419 g/mol. The summed E-state index contributed by atoms with van der Waals surface area (Å²) >= 11 is 0. The van der Waals surface area contributed by atoms with Gasteiger partial charge in [-0.05, 0) is 33.0 Å². The highest BCUT2D eigenvalue weighted by Crippen LogP contribution is 2.34. The van der Waals surface area contributed by atoms with E-state index in [2.05, 4.69) is 16.0 Å². The van der Waals surface area contributed by atoms with E-state index in [1.807, 2.05) is 13.8 Å². The lowest BCUT2D eigenvalue weighted by atomic mass is 10.1. The van der Waals surface area contributed by atoms with Crippen LogP contribution in [0, 0.1) is 10.1 Å². The Kier molecular flexibility index (Phi) is 8.83. The zero-order chi connectivity index (χ0) is 22.2. The predicted molar refractivity (Wildman–Crippen MR) is 100 cm³/mol. The summed E-state index contributed by atoms with van der Waals surface area (Å²) in [5, 5.41) is 18.9. The van der Waals surface area contributed by atoms with Crippen LogP contribution < -0.4 is 16.0 Å². The lowest BCUT2D eigenvalue weighted by molar-refractivity contribution is -0.384. The van der Waals surface area contributed by atoms with Crippen LogP contribution in [0.1, 0.15) is 19.4 Å². The van der Waals surface area contributed by atoms with E-state index in [1.54, 1.807) is 7.05 Å². The van der Waals surface area contributed by atoms with Crippen molar-refractivity contribution in [1.82, 2.24) is 15.5 Å². The molecule has 0 aromatic heterocycles. The van der Waals surface area contributed by atoms with E-state index < -0.39 is 22.4 Å². The molecule has 0 spiro atoms. The molecule has 0 fully saturated rings. The zero-order valence-electron chi connectivity index (χ0n) is 16.3. The van der Waals surface area contributed by atoms with Gasteiger partial charge in [0.15, 0.2) is 0 Å². The molecule has 1 rings (SSSR count). The predicted octanol–water partition coefficient (Wildman–Crippen LogP) is 1.60. The summed E-state index contributed by atoms with van der Waals surface area (Å²) in [5.41, 5.74) is -1.91. The molecule has 0 aliphatic heterocycles. The molecular weight excluding hydrogens is 395 g/mol. The Morgan fingerprint density at radius 2 is 1.79 bits per heavy atom. The van der Waals surface area contributed by atoms with Crippen molar-refractivity contribution in [2.75, 3.05) is 38.5 Å². The highest BCUT2D eigenvalue weighted by molar-refractivity contribution is 5.81. The maximum absolute atomic E-state index is 12.7. The van der Waals surface area contributed by atoms with Crippen LogP contribution in [0.5, 0.6) is 0 Å².